The van der Waals surface area contributed by atoms with Gasteiger partial charge in [-0.15, -0.1) is 0 Å². The Morgan fingerprint density at radius 1 is 0.283 bits per heavy atom. The molecule has 0 aromatic heterocycles. The minimum absolute atomic E-state index is 0.639. The molecule has 0 radical (unpaired) electrons. The Morgan fingerprint density at radius 3 is 0.761 bits per heavy atom. The Kier molecular flexibility index (Phi) is 33.6. The quantitative estimate of drug-likeness (QED) is 0.0617. The largest absolute Gasteiger partial charge is 0.356 e. The van der Waals surface area contributed by atoms with Gasteiger partial charge in [0.2, 0.25) is 0 Å². The van der Waals surface area contributed by atoms with Crippen molar-refractivity contribution in [3.05, 3.63) is 12.4 Å². The molecule has 0 aromatic carbocycles. The molecular weight excluding hydrogens is 556 g/mol. The van der Waals surface area contributed by atoms with Crippen molar-refractivity contribution in [1.82, 2.24) is 9.80 Å². The zero-order valence-corrected chi connectivity index (χ0v) is 32.5. The van der Waals surface area contributed by atoms with Gasteiger partial charge in [-0.3, -0.25) is 0 Å². The van der Waals surface area contributed by atoms with E-state index in [0.29, 0.717) is 6.17 Å². The van der Waals surface area contributed by atoms with Crippen LogP contribution in [0.2, 0.25) is 0 Å². The average molecular weight is 645 g/mol. The molecular formula is C44H88N2. The summed E-state index contributed by atoms with van der Waals surface area (Å²) >= 11 is 0. The van der Waals surface area contributed by atoms with E-state index in [-0.39, 0.29) is 0 Å². The van der Waals surface area contributed by atoms with E-state index in [1.165, 1.54) is 244 Å². The minimum Gasteiger partial charge on any atom is -0.356 e. The smallest absolute Gasteiger partial charge is 0.101 e. The summed E-state index contributed by atoms with van der Waals surface area (Å²) in [5.74, 6) is 0. The van der Waals surface area contributed by atoms with Gasteiger partial charge >= 0.3 is 0 Å². The number of hydrogen-bond donors (Lipinski definition) is 0. The normalized spacial score (nSPS) is 14.7. The maximum atomic E-state index is 2.72. The van der Waals surface area contributed by atoms with Crippen LogP contribution in [-0.2, 0) is 0 Å². The molecule has 0 aromatic rings. The lowest BCUT2D eigenvalue weighted by molar-refractivity contribution is 0.135. The van der Waals surface area contributed by atoms with Crippen molar-refractivity contribution >= 4 is 0 Å². The van der Waals surface area contributed by atoms with Gasteiger partial charge in [-0.1, -0.05) is 226 Å². The van der Waals surface area contributed by atoms with Crippen LogP contribution in [0.25, 0.3) is 0 Å². The number of nitrogens with zero attached hydrogens (tertiary/aromatic N) is 2. The molecule has 0 bridgehead atoms. The zero-order valence-electron chi connectivity index (χ0n) is 32.5. The van der Waals surface area contributed by atoms with E-state index < -0.39 is 0 Å². The van der Waals surface area contributed by atoms with E-state index in [4.69, 9.17) is 0 Å². The van der Waals surface area contributed by atoms with Crippen LogP contribution in [0.15, 0.2) is 12.4 Å². The minimum atomic E-state index is 0.639. The second-order valence-corrected chi connectivity index (χ2v) is 15.4. The van der Waals surface area contributed by atoms with Crippen LogP contribution in [0, 0.1) is 0 Å². The summed E-state index contributed by atoms with van der Waals surface area (Å²) in [6.45, 7) is 9.49. The molecule has 2 heteroatoms. The second-order valence-electron chi connectivity index (χ2n) is 15.4. The van der Waals surface area contributed by atoms with Crippen LogP contribution < -0.4 is 0 Å². The van der Waals surface area contributed by atoms with Crippen molar-refractivity contribution in [1.29, 1.82) is 0 Å². The highest BCUT2D eigenvalue weighted by Gasteiger charge is 2.24. The monoisotopic (exact) mass is 645 g/mol. The topological polar surface area (TPSA) is 6.48 Å². The van der Waals surface area contributed by atoms with Gasteiger partial charge in [0.1, 0.15) is 6.17 Å². The van der Waals surface area contributed by atoms with Crippen LogP contribution in [0.3, 0.4) is 0 Å². The molecule has 1 aliphatic heterocycles. The third-order valence-electron chi connectivity index (χ3n) is 10.8. The summed E-state index contributed by atoms with van der Waals surface area (Å²) in [5, 5.41) is 0. The van der Waals surface area contributed by atoms with Crippen molar-refractivity contribution in [2.24, 2.45) is 0 Å². The SMILES string of the molecule is CCCCCCCCCCCCCCCCCN1C=CN(CCCCCCCCCCCCCCC)C1CCCCCCCCC. The molecule has 1 unspecified atom stereocenters. The molecule has 0 saturated carbocycles. The number of hydrogen-bond acceptors (Lipinski definition) is 2. The number of rotatable bonds is 38. The van der Waals surface area contributed by atoms with Crippen molar-refractivity contribution < 1.29 is 0 Å². The summed E-state index contributed by atoms with van der Waals surface area (Å²) < 4.78 is 0. The Balaban J connectivity index is 2.15. The molecule has 1 heterocycles. The van der Waals surface area contributed by atoms with Crippen molar-refractivity contribution in [3.63, 3.8) is 0 Å². The van der Waals surface area contributed by atoms with Crippen molar-refractivity contribution in [3.8, 4) is 0 Å². The highest BCUT2D eigenvalue weighted by atomic mass is 15.4. The molecule has 0 fully saturated rings. The molecule has 46 heavy (non-hydrogen) atoms. The fraction of sp³-hybridized carbons (Fsp3) is 0.955. The van der Waals surface area contributed by atoms with Crippen LogP contribution in [0.4, 0.5) is 0 Å². The maximum Gasteiger partial charge on any atom is 0.101 e. The summed E-state index contributed by atoms with van der Waals surface area (Å²) in [6.07, 6.45) is 57.4. The highest BCUT2D eigenvalue weighted by molar-refractivity contribution is 4.97. The van der Waals surface area contributed by atoms with E-state index in [1.807, 2.05) is 0 Å². The molecule has 0 aliphatic carbocycles. The highest BCUT2D eigenvalue weighted by Crippen LogP contribution is 2.24. The lowest BCUT2D eigenvalue weighted by Crippen LogP contribution is -2.39. The number of unbranched alkanes of at least 4 members (excludes halogenated alkanes) is 32. The first-order valence-corrected chi connectivity index (χ1v) is 22.0. The van der Waals surface area contributed by atoms with E-state index in [2.05, 4.69) is 43.0 Å². The zero-order chi connectivity index (χ0) is 33.0. The van der Waals surface area contributed by atoms with Gasteiger partial charge < -0.3 is 9.80 Å². The maximum absolute atomic E-state index is 2.72. The lowest BCUT2D eigenvalue weighted by atomic mass is 10.0. The molecule has 2 nitrogen and oxygen atoms in total. The second kappa shape index (κ2) is 35.6. The third kappa shape index (κ3) is 27.3. The van der Waals surface area contributed by atoms with Crippen LogP contribution >= 0.6 is 0 Å². The standard InChI is InChI=1S/C44H88N2/c1-4-7-10-13-16-18-20-22-23-25-27-29-32-35-38-41-46-43-42-45(44(46)39-36-33-30-15-12-9-6-3)40-37-34-31-28-26-24-21-19-17-14-11-8-5-2/h42-44H,4-41H2,1-3H3. The lowest BCUT2D eigenvalue weighted by Gasteiger charge is -2.33. The molecule has 1 rings (SSSR count). The summed E-state index contributed by atoms with van der Waals surface area (Å²) in [7, 11) is 0. The van der Waals surface area contributed by atoms with Gasteiger partial charge in [-0.05, 0) is 25.7 Å². The van der Waals surface area contributed by atoms with Gasteiger partial charge in [0.05, 0.1) is 0 Å². The first kappa shape index (κ1) is 43.4. The Labute approximate surface area is 292 Å². The van der Waals surface area contributed by atoms with Gasteiger partial charge in [0, 0.05) is 25.5 Å². The van der Waals surface area contributed by atoms with E-state index in [9.17, 15) is 0 Å². The molecule has 274 valence electrons. The third-order valence-corrected chi connectivity index (χ3v) is 10.8. The Hall–Kier alpha value is -0.660. The Morgan fingerprint density at radius 2 is 0.500 bits per heavy atom. The van der Waals surface area contributed by atoms with E-state index in [0.717, 1.165) is 0 Å². The first-order valence-electron chi connectivity index (χ1n) is 22.0. The predicted molar refractivity (Wildman–Crippen MR) is 210 cm³/mol. The first-order chi connectivity index (χ1) is 22.8. The Bertz CT molecular complexity index is 601. The van der Waals surface area contributed by atoms with Crippen molar-refractivity contribution in [2.75, 3.05) is 13.1 Å². The molecule has 0 saturated heterocycles. The summed E-state index contributed by atoms with van der Waals surface area (Å²) in [4.78, 5) is 5.45. The van der Waals surface area contributed by atoms with Crippen LogP contribution in [0.5, 0.6) is 0 Å². The van der Waals surface area contributed by atoms with Crippen LogP contribution in [-0.4, -0.2) is 29.1 Å². The fourth-order valence-corrected chi connectivity index (χ4v) is 7.60. The average Bonchev–Trinajstić information content (AvgIpc) is 3.45. The predicted octanol–water partition coefficient (Wildman–Crippen LogP) is 15.5. The molecule has 1 aliphatic rings. The summed E-state index contributed by atoms with van der Waals surface area (Å²) in [6, 6.07) is 0. The summed E-state index contributed by atoms with van der Waals surface area (Å²) in [5.41, 5.74) is 0. The van der Waals surface area contributed by atoms with E-state index >= 15 is 0 Å². The molecule has 0 amide bonds. The van der Waals surface area contributed by atoms with Crippen molar-refractivity contribution in [2.45, 2.75) is 258 Å². The van der Waals surface area contributed by atoms with Crippen LogP contribution in [0.1, 0.15) is 252 Å². The van der Waals surface area contributed by atoms with Gasteiger partial charge in [0.25, 0.3) is 0 Å². The molecule has 0 spiro atoms. The van der Waals surface area contributed by atoms with Gasteiger partial charge in [0.15, 0.2) is 0 Å². The van der Waals surface area contributed by atoms with E-state index in [1.54, 1.807) is 0 Å². The fourth-order valence-electron chi connectivity index (χ4n) is 7.60. The van der Waals surface area contributed by atoms with Gasteiger partial charge in [-0.2, -0.15) is 0 Å². The molecule has 0 N–H and O–H groups in total. The molecule has 1 atom stereocenters. The van der Waals surface area contributed by atoms with Gasteiger partial charge in [-0.25, -0.2) is 0 Å².